The van der Waals surface area contributed by atoms with Crippen LogP contribution in [0.1, 0.15) is 32.4 Å². The zero-order chi connectivity index (χ0) is 14.0. The molecule has 1 unspecified atom stereocenters. The highest BCUT2D eigenvalue weighted by molar-refractivity contribution is 5.56. The highest BCUT2D eigenvalue weighted by Crippen LogP contribution is 2.29. The molecule has 1 atom stereocenters. The predicted octanol–water partition coefficient (Wildman–Crippen LogP) is 2.38. The van der Waals surface area contributed by atoms with Gasteiger partial charge in [0.05, 0.1) is 5.69 Å². The monoisotopic (exact) mass is 265 g/mol. The third-order valence-corrected chi connectivity index (χ3v) is 3.87. The molecule has 0 bridgehead atoms. The Bertz CT molecular complexity index is 423. The van der Waals surface area contributed by atoms with Gasteiger partial charge in [0.25, 0.3) is 0 Å². The van der Waals surface area contributed by atoms with E-state index in [4.69, 9.17) is 5.73 Å². The lowest BCUT2D eigenvalue weighted by Crippen LogP contribution is -2.49. The van der Waals surface area contributed by atoms with Crippen molar-refractivity contribution in [3.8, 4) is 0 Å². The first kappa shape index (κ1) is 14.3. The van der Waals surface area contributed by atoms with Gasteiger partial charge in [-0.2, -0.15) is 0 Å². The molecule has 0 aliphatic carbocycles. The summed E-state index contributed by atoms with van der Waals surface area (Å²) in [5.41, 5.74) is 7.56. The smallest absolute Gasteiger partial charge is 0.146 e. The summed E-state index contributed by atoms with van der Waals surface area (Å²) in [6.45, 7) is 9.98. The molecule has 1 aliphatic rings. The molecule has 1 aromatic carbocycles. The Balaban J connectivity index is 2.19. The van der Waals surface area contributed by atoms with Crippen LogP contribution in [0.15, 0.2) is 18.2 Å². The Morgan fingerprint density at radius 3 is 2.26 bits per heavy atom. The third-order valence-electron chi connectivity index (χ3n) is 3.87. The van der Waals surface area contributed by atoms with E-state index in [1.165, 1.54) is 6.07 Å². The molecule has 1 aromatic rings. The second-order valence-corrected chi connectivity index (χ2v) is 5.58. The molecule has 1 aliphatic heterocycles. The van der Waals surface area contributed by atoms with Crippen LogP contribution in [0.5, 0.6) is 0 Å². The van der Waals surface area contributed by atoms with Gasteiger partial charge in [-0.15, -0.1) is 0 Å². The van der Waals surface area contributed by atoms with Crippen molar-refractivity contribution in [3.05, 3.63) is 29.6 Å². The summed E-state index contributed by atoms with van der Waals surface area (Å²) in [5, 5.41) is 0. The molecule has 0 amide bonds. The Morgan fingerprint density at radius 2 is 1.74 bits per heavy atom. The molecule has 1 heterocycles. The summed E-state index contributed by atoms with van der Waals surface area (Å²) in [6, 6.07) is 5.60. The normalized spacial score (nSPS) is 18.9. The Hall–Kier alpha value is -1.13. The zero-order valence-electron chi connectivity index (χ0n) is 12.1. The SMILES string of the molecule is CC(N)c1cccc(F)c1N1CCN(C(C)C)CC1. The van der Waals surface area contributed by atoms with Crippen LogP contribution in [0.4, 0.5) is 10.1 Å². The van der Waals surface area contributed by atoms with Crippen molar-refractivity contribution in [2.75, 3.05) is 31.1 Å². The molecular formula is C15H24FN3. The van der Waals surface area contributed by atoms with E-state index in [0.29, 0.717) is 11.7 Å². The molecule has 1 saturated heterocycles. The van der Waals surface area contributed by atoms with Crippen LogP contribution in [0, 0.1) is 5.82 Å². The van der Waals surface area contributed by atoms with Gasteiger partial charge < -0.3 is 10.6 Å². The predicted molar refractivity (Wildman–Crippen MR) is 77.9 cm³/mol. The number of benzene rings is 1. The molecule has 0 radical (unpaired) electrons. The molecule has 0 aromatic heterocycles. The van der Waals surface area contributed by atoms with Crippen LogP contribution in [0.2, 0.25) is 0 Å². The van der Waals surface area contributed by atoms with E-state index < -0.39 is 0 Å². The number of piperazine rings is 1. The highest BCUT2D eigenvalue weighted by Gasteiger charge is 2.23. The number of hydrogen-bond acceptors (Lipinski definition) is 3. The first-order chi connectivity index (χ1) is 9.00. The lowest BCUT2D eigenvalue weighted by Gasteiger charge is -2.39. The van der Waals surface area contributed by atoms with Crippen molar-refractivity contribution < 1.29 is 4.39 Å². The van der Waals surface area contributed by atoms with Crippen molar-refractivity contribution in [1.82, 2.24) is 4.90 Å². The molecule has 0 spiro atoms. The minimum absolute atomic E-state index is 0.145. The molecule has 106 valence electrons. The fourth-order valence-corrected chi connectivity index (χ4v) is 2.69. The molecule has 3 nitrogen and oxygen atoms in total. The Morgan fingerprint density at radius 1 is 1.11 bits per heavy atom. The first-order valence-corrected chi connectivity index (χ1v) is 7.03. The fourth-order valence-electron chi connectivity index (χ4n) is 2.69. The molecular weight excluding hydrogens is 241 g/mol. The number of halogens is 1. The summed E-state index contributed by atoms with van der Waals surface area (Å²) >= 11 is 0. The lowest BCUT2D eigenvalue weighted by molar-refractivity contribution is 0.209. The summed E-state index contributed by atoms with van der Waals surface area (Å²) in [4.78, 5) is 4.55. The van der Waals surface area contributed by atoms with Crippen molar-refractivity contribution >= 4 is 5.69 Å². The average Bonchev–Trinajstić information content (AvgIpc) is 2.38. The van der Waals surface area contributed by atoms with Crippen LogP contribution in [-0.2, 0) is 0 Å². The van der Waals surface area contributed by atoms with Gasteiger partial charge in [-0.1, -0.05) is 12.1 Å². The minimum Gasteiger partial charge on any atom is -0.366 e. The van der Waals surface area contributed by atoms with E-state index in [1.807, 2.05) is 13.0 Å². The maximum atomic E-state index is 14.1. The second-order valence-electron chi connectivity index (χ2n) is 5.58. The second kappa shape index (κ2) is 5.88. The van der Waals surface area contributed by atoms with Crippen molar-refractivity contribution in [2.45, 2.75) is 32.9 Å². The van der Waals surface area contributed by atoms with E-state index in [0.717, 1.165) is 31.7 Å². The van der Waals surface area contributed by atoms with E-state index in [2.05, 4.69) is 23.6 Å². The fraction of sp³-hybridized carbons (Fsp3) is 0.600. The number of nitrogens with zero attached hydrogens (tertiary/aromatic N) is 2. The lowest BCUT2D eigenvalue weighted by atomic mass is 10.0. The van der Waals surface area contributed by atoms with Crippen molar-refractivity contribution in [3.63, 3.8) is 0 Å². The summed E-state index contributed by atoms with van der Waals surface area (Å²) in [6.07, 6.45) is 0. The van der Waals surface area contributed by atoms with Crippen LogP contribution in [0.3, 0.4) is 0 Å². The average molecular weight is 265 g/mol. The summed E-state index contributed by atoms with van der Waals surface area (Å²) in [5.74, 6) is -0.159. The zero-order valence-corrected chi connectivity index (χ0v) is 12.1. The maximum absolute atomic E-state index is 14.1. The molecule has 2 N–H and O–H groups in total. The highest BCUT2D eigenvalue weighted by atomic mass is 19.1. The van der Waals surface area contributed by atoms with Gasteiger partial charge in [0.1, 0.15) is 5.82 Å². The minimum atomic E-state index is -0.159. The van der Waals surface area contributed by atoms with Gasteiger partial charge in [-0.3, -0.25) is 4.90 Å². The van der Waals surface area contributed by atoms with E-state index >= 15 is 0 Å². The molecule has 4 heteroatoms. The largest absolute Gasteiger partial charge is 0.366 e. The number of anilines is 1. The molecule has 2 rings (SSSR count). The third kappa shape index (κ3) is 3.07. The number of para-hydroxylation sites is 1. The maximum Gasteiger partial charge on any atom is 0.146 e. The number of rotatable bonds is 3. The van der Waals surface area contributed by atoms with Gasteiger partial charge in [0.15, 0.2) is 0 Å². The van der Waals surface area contributed by atoms with Gasteiger partial charge in [-0.25, -0.2) is 4.39 Å². The van der Waals surface area contributed by atoms with Gasteiger partial charge >= 0.3 is 0 Å². The quantitative estimate of drug-likeness (QED) is 0.910. The van der Waals surface area contributed by atoms with Gasteiger partial charge in [-0.05, 0) is 32.4 Å². The Labute approximate surface area is 115 Å². The van der Waals surface area contributed by atoms with Crippen molar-refractivity contribution in [2.24, 2.45) is 5.73 Å². The Kier molecular flexibility index (Phi) is 4.42. The summed E-state index contributed by atoms with van der Waals surface area (Å²) in [7, 11) is 0. The topological polar surface area (TPSA) is 32.5 Å². The van der Waals surface area contributed by atoms with Gasteiger partial charge in [0.2, 0.25) is 0 Å². The molecule has 19 heavy (non-hydrogen) atoms. The molecule has 1 fully saturated rings. The summed E-state index contributed by atoms with van der Waals surface area (Å²) < 4.78 is 14.1. The van der Waals surface area contributed by atoms with Crippen LogP contribution >= 0.6 is 0 Å². The van der Waals surface area contributed by atoms with Crippen LogP contribution in [-0.4, -0.2) is 37.1 Å². The first-order valence-electron chi connectivity index (χ1n) is 7.03. The van der Waals surface area contributed by atoms with E-state index in [-0.39, 0.29) is 11.9 Å². The number of nitrogens with two attached hydrogens (primary N) is 1. The van der Waals surface area contributed by atoms with Gasteiger partial charge in [0, 0.05) is 38.3 Å². The number of hydrogen-bond donors (Lipinski definition) is 1. The van der Waals surface area contributed by atoms with Crippen LogP contribution in [0.25, 0.3) is 0 Å². The standard InChI is InChI=1S/C15H24FN3/c1-11(2)18-7-9-19(10-8-18)15-13(12(3)17)5-4-6-14(15)16/h4-6,11-12H,7-10,17H2,1-3H3. The van der Waals surface area contributed by atoms with E-state index in [9.17, 15) is 4.39 Å². The molecule has 0 saturated carbocycles. The van der Waals surface area contributed by atoms with E-state index in [1.54, 1.807) is 6.07 Å². The van der Waals surface area contributed by atoms with Crippen LogP contribution < -0.4 is 10.6 Å². The van der Waals surface area contributed by atoms with Crippen molar-refractivity contribution in [1.29, 1.82) is 0 Å².